The molecule has 0 radical (unpaired) electrons. The zero-order chi connectivity index (χ0) is 19.8. The van der Waals surface area contributed by atoms with Crippen molar-refractivity contribution in [2.24, 2.45) is 5.92 Å². The fourth-order valence-corrected chi connectivity index (χ4v) is 4.08. The maximum Gasteiger partial charge on any atom is 0.224 e. The van der Waals surface area contributed by atoms with Gasteiger partial charge in [-0.15, -0.1) is 0 Å². The number of nitrogens with one attached hydrogen (secondary N) is 1. The Balaban J connectivity index is 1.45. The zero-order valence-electron chi connectivity index (χ0n) is 16.8. The number of hydrogen-bond acceptors (Lipinski definition) is 5. The van der Waals surface area contributed by atoms with Crippen LogP contribution in [-0.2, 0) is 22.4 Å². The minimum Gasteiger partial charge on any atom is -0.464 e. The van der Waals surface area contributed by atoms with Crippen molar-refractivity contribution in [1.29, 1.82) is 0 Å². The van der Waals surface area contributed by atoms with Crippen LogP contribution in [-0.4, -0.2) is 30.3 Å². The molecule has 1 N–H and O–H groups in total. The molecule has 0 bridgehead atoms. The molecule has 1 aliphatic rings. The molecule has 148 valence electrons. The van der Waals surface area contributed by atoms with Gasteiger partial charge in [0.25, 0.3) is 0 Å². The molecule has 1 amide bonds. The molecule has 6 heteroatoms. The predicted octanol–water partition coefficient (Wildman–Crippen LogP) is 3.57. The Morgan fingerprint density at radius 3 is 2.75 bits per heavy atom. The number of ether oxygens (including phenoxy) is 1. The first-order valence-corrected chi connectivity index (χ1v) is 9.68. The third-order valence-corrected chi connectivity index (χ3v) is 5.66. The van der Waals surface area contributed by atoms with E-state index < -0.39 is 0 Å². The maximum absolute atomic E-state index is 12.7. The van der Waals surface area contributed by atoms with Crippen LogP contribution >= 0.6 is 0 Å². The number of aromatic nitrogens is 1. The summed E-state index contributed by atoms with van der Waals surface area (Å²) < 4.78 is 16.7. The van der Waals surface area contributed by atoms with Crippen molar-refractivity contribution in [2.75, 3.05) is 13.2 Å². The number of fused-ring (bicyclic) bond motifs is 1. The van der Waals surface area contributed by atoms with Crippen LogP contribution in [0.5, 0.6) is 0 Å². The highest BCUT2D eigenvalue weighted by atomic mass is 16.5. The topological polar surface area (TPSA) is 77.5 Å². The molecule has 1 saturated heterocycles. The minimum absolute atomic E-state index is 0.0189. The molecule has 0 unspecified atom stereocenters. The van der Waals surface area contributed by atoms with Gasteiger partial charge in [-0.3, -0.25) is 4.79 Å². The summed E-state index contributed by atoms with van der Waals surface area (Å²) in [4.78, 5) is 12.7. The lowest BCUT2D eigenvalue weighted by Gasteiger charge is -2.18. The number of amides is 1. The minimum atomic E-state index is -0.0267. The van der Waals surface area contributed by atoms with Gasteiger partial charge in [0.05, 0.1) is 37.6 Å². The lowest BCUT2D eigenvalue weighted by atomic mass is 9.97. The summed E-state index contributed by atoms with van der Waals surface area (Å²) in [5.41, 5.74) is 6.12. The van der Waals surface area contributed by atoms with Gasteiger partial charge in [-0.1, -0.05) is 11.2 Å². The molecule has 3 heterocycles. The molecule has 0 spiro atoms. The number of furan rings is 1. The van der Waals surface area contributed by atoms with Crippen LogP contribution in [0.15, 0.2) is 27.3 Å². The number of benzene rings is 1. The van der Waals surface area contributed by atoms with Gasteiger partial charge in [0.1, 0.15) is 11.3 Å². The lowest BCUT2D eigenvalue weighted by Crippen LogP contribution is -2.41. The number of carbonyl (C=O) groups excluding carboxylic acids is 1. The van der Waals surface area contributed by atoms with E-state index in [1.54, 1.807) is 6.26 Å². The van der Waals surface area contributed by atoms with Gasteiger partial charge in [-0.25, -0.2) is 0 Å². The number of hydrogen-bond donors (Lipinski definition) is 1. The highest BCUT2D eigenvalue weighted by Crippen LogP contribution is 2.30. The van der Waals surface area contributed by atoms with Gasteiger partial charge in [0, 0.05) is 29.4 Å². The molecular weight excluding hydrogens is 356 g/mol. The van der Waals surface area contributed by atoms with E-state index >= 15 is 0 Å². The van der Waals surface area contributed by atoms with Gasteiger partial charge in [-0.05, 0) is 44.4 Å². The Bertz CT molecular complexity index is 1020. The van der Waals surface area contributed by atoms with Crippen LogP contribution in [0.1, 0.15) is 33.7 Å². The third-order valence-electron chi connectivity index (χ3n) is 5.66. The first kappa shape index (κ1) is 18.7. The molecule has 0 saturated carbocycles. The molecule has 3 aromatic rings. The van der Waals surface area contributed by atoms with Crippen LogP contribution < -0.4 is 5.32 Å². The number of rotatable bonds is 5. The molecule has 0 aliphatic carbocycles. The Kier molecular flexibility index (Phi) is 4.98. The van der Waals surface area contributed by atoms with Gasteiger partial charge in [0.2, 0.25) is 5.91 Å². The molecule has 1 aromatic carbocycles. The lowest BCUT2D eigenvalue weighted by molar-refractivity contribution is -0.121. The van der Waals surface area contributed by atoms with Gasteiger partial charge < -0.3 is 19.0 Å². The molecule has 2 atom stereocenters. The Morgan fingerprint density at radius 2 is 2.00 bits per heavy atom. The summed E-state index contributed by atoms with van der Waals surface area (Å²) in [7, 11) is 0. The fraction of sp³-hybridized carbons (Fsp3) is 0.455. The van der Waals surface area contributed by atoms with Crippen LogP contribution in [0.3, 0.4) is 0 Å². The quantitative estimate of drug-likeness (QED) is 0.730. The summed E-state index contributed by atoms with van der Waals surface area (Å²) >= 11 is 0. The van der Waals surface area contributed by atoms with Crippen molar-refractivity contribution >= 4 is 16.9 Å². The van der Waals surface area contributed by atoms with E-state index in [1.807, 2.05) is 13.0 Å². The van der Waals surface area contributed by atoms with Gasteiger partial charge in [-0.2, -0.15) is 0 Å². The normalized spacial score (nSPS) is 19.4. The predicted molar refractivity (Wildman–Crippen MR) is 105 cm³/mol. The molecule has 6 nitrogen and oxygen atoms in total. The average molecular weight is 382 g/mol. The fourth-order valence-electron chi connectivity index (χ4n) is 4.08. The standard InChI is InChI=1S/C22H26N2O4/c1-12-5-13(2)21-17(10-27-22(21)15(12)4)8-20(25)23-19-11-26-9-16(19)7-18-6-14(3)24-28-18/h5-6,10,16,19H,7-9,11H2,1-4H3,(H,23,25)/t16-,19+/m1/s1. The molecule has 4 rings (SSSR count). The summed E-state index contributed by atoms with van der Waals surface area (Å²) in [6, 6.07) is 4.05. The summed E-state index contributed by atoms with van der Waals surface area (Å²) in [5, 5.41) is 8.12. The largest absolute Gasteiger partial charge is 0.464 e. The van der Waals surface area contributed by atoms with Gasteiger partial charge in [0.15, 0.2) is 0 Å². The molecule has 28 heavy (non-hydrogen) atoms. The first-order valence-electron chi connectivity index (χ1n) is 9.68. The highest BCUT2D eigenvalue weighted by Gasteiger charge is 2.31. The molecular formula is C22H26N2O4. The van der Waals surface area contributed by atoms with E-state index in [-0.39, 0.29) is 17.9 Å². The SMILES string of the molecule is Cc1cc(C[C@@H]2COC[C@@H]2NC(=O)Cc2coc3c(C)c(C)cc(C)c23)on1. The van der Waals surface area contributed by atoms with Crippen LogP contribution in [0.4, 0.5) is 0 Å². The molecule has 1 fully saturated rings. The molecule has 2 aromatic heterocycles. The smallest absolute Gasteiger partial charge is 0.224 e. The highest BCUT2D eigenvalue weighted by molar-refractivity contribution is 5.92. The number of aryl methyl sites for hydroxylation is 4. The summed E-state index contributed by atoms with van der Waals surface area (Å²) in [6.45, 7) is 9.22. The van der Waals surface area contributed by atoms with Crippen molar-refractivity contribution in [3.63, 3.8) is 0 Å². The van der Waals surface area contributed by atoms with E-state index in [0.29, 0.717) is 26.1 Å². The van der Waals surface area contributed by atoms with Gasteiger partial charge >= 0.3 is 0 Å². The summed E-state index contributed by atoms with van der Waals surface area (Å²) in [5.74, 6) is 0.994. The van der Waals surface area contributed by atoms with Crippen LogP contribution in [0.2, 0.25) is 0 Å². The second kappa shape index (κ2) is 7.43. The van der Waals surface area contributed by atoms with E-state index in [0.717, 1.165) is 39.1 Å². The van der Waals surface area contributed by atoms with Crippen LogP contribution in [0.25, 0.3) is 11.0 Å². The van der Waals surface area contributed by atoms with E-state index in [2.05, 4.69) is 37.3 Å². The van der Waals surface area contributed by atoms with Crippen molar-refractivity contribution in [3.8, 4) is 0 Å². The third kappa shape index (κ3) is 3.56. The second-order valence-electron chi connectivity index (χ2n) is 7.89. The Hall–Kier alpha value is -2.60. The number of carbonyl (C=O) groups is 1. The first-order chi connectivity index (χ1) is 13.4. The molecule has 1 aliphatic heterocycles. The zero-order valence-corrected chi connectivity index (χ0v) is 16.8. The van der Waals surface area contributed by atoms with E-state index in [1.165, 1.54) is 5.56 Å². The maximum atomic E-state index is 12.7. The average Bonchev–Trinajstić information content (AvgIpc) is 3.35. The Morgan fingerprint density at radius 1 is 1.18 bits per heavy atom. The van der Waals surface area contributed by atoms with E-state index in [4.69, 9.17) is 13.7 Å². The number of nitrogens with zero attached hydrogens (tertiary/aromatic N) is 1. The van der Waals surface area contributed by atoms with Crippen molar-refractivity contribution < 1.29 is 18.5 Å². The van der Waals surface area contributed by atoms with Crippen molar-refractivity contribution in [3.05, 3.63) is 52.1 Å². The van der Waals surface area contributed by atoms with Crippen molar-refractivity contribution in [1.82, 2.24) is 10.5 Å². The van der Waals surface area contributed by atoms with Crippen molar-refractivity contribution in [2.45, 2.75) is 46.6 Å². The second-order valence-corrected chi connectivity index (χ2v) is 7.89. The monoisotopic (exact) mass is 382 g/mol. The van der Waals surface area contributed by atoms with Crippen LogP contribution in [0, 0.1) is 33.6 Å². The Labute approximate surface area is 164 Å². The summed E-state index contributed by atoms with van der Waals surface area (Å²) in [6.07, 6.45) is 2.71. The van der Waals surface area contributed by atoms with E-state index in [9.17, 15) is 4.79 Å².